The van der Waals surface area contributed by atoms with Gasteiger partial charge in [0.25, 0.3) is 0 Å². The summed E-state index contributed by atoms with van der Waals surface area (Å²) in [5.41, 5.74) is 4.91. The fourth-order valence-electron chi connectivity index (χ4n) is 3.72. The summed E-state index contributed by atoms with van der Waals surface area (Å²) in [5, 5.41) is 10.6. The van der Waals surface area contributed by atoms with Crippen LogP contribution in [0.1, 0.15) is 79.3 Å². The summed E-state index contributed by atoms with van der Waals surface area (Å²) in [7, 11) is 0. The average Bonchev–Trinajstić information content (AvgIpc) is 2.63. The highest BCUT2D eigenvalue weighted by Gasteiger charge is 2.37. The zero-order chi connectivity index (χ0) is 18.9. The molecule has 0 saturated carbocycles. The van der Waals surface area contributed by atoms with Gasteiger partial charge in [-0.15, -0.1) is 0 Å². The van der Waals surface area contributed by atoms with Crippen molar-refractivity contribution in [1.82, 2.24) is 0 Å². The maximum atomic E-state index is 11.1. The molecule has 134 valence electrons. The third kappa shape index (κ3) is 3.45. The fraction of sp³-hybridized carbons (Fsp3) is 0.375. The lowest BCUT2D eigenvalue weighted by molar-refractivity contribution is 0.112. The molecule has 0 aromatic heterocycles. The van der Waals surface area contributed by atoms with Crippen LogP contribution in [-0.4, -0.2) is 11.4 Å². The first-order valence-corrected chi connectivity index (χ1v) is 9.13. The minimum atomic E-state index is -0.874. The van der Waals surface area contributed by atoms with Gasteiger partial charge in [0.1, 0.15) is 6.10 Å². The second kappa shape index (κ2) is 6.74. The van der Waals surface area contributed by atoms with E-state index in [1.54, 1.807) is 18.2 Å². The molecule has 0 saturated heterocycles. The molecule has 2 heteroatoms. The summed E-state index contributed by atoms with van der Waals surface area (Å²) < 4.78 is 0. The van der Waals surface area contributed by atoms with Crippen LogP contribution in [0.2, 0.25) is 0 Å². The van der Waals surface area contributed by atoms with Crippen LogP contribution in [0.3, 0.4) is 0 Å². The van der Waals surface area contributed by atoms with E-state index in [0.717, 1.165) is 24.7 Å². The number of carbonyl (C=O) groups is 1. The number of fused-ring (bicyclic) bond motifs is 1. The van der Waals surface area contributed by atoms with Crippen LogP contribution in [0.5, 0.6) is 0 Å². The number of aliphatic hydroxyl groups is 1. The third-order valence-corrected chi connectivity index (χ3v) is 5.62. The quantitative estimate of drug-likeness (QED) is 0.618. The van der Waals surface area contributed by atoms with E-state index in [9.17, 15) is 9.90 Å². The monoisotopic (exact) mass is 346 g/mol. The Morgan fingerprint density at radius 1 is 1.00 bits per heavy atom. The summed E-state index contributed by atoms with van der Waals surface area (Å²) in [6.07, 6.45) is 2.21. The van der Waals surface area contributed by atoms with Crippen molar-refractivity contribution < 1.29 is 9.90 Å². The van der Waals surface area contributed by atoms with E-state index >= 15 is 0 Å². The highest BCUT2D eigenvalue weighted by atomic mass is 16.3. The molecular weight excluding hydrogens is 320 g/mol. The predicted octanol–water partition coefficient (Wildman–Crippen LogP) is 4.93. The van der Waals surface area contributed by atoms with Gasteiger partial charge < -0.3 is 5.11 Å². The lowest BCUT2D eigenvalue weighted by Crippen LogP contribution is -2.34. The minimum absolute atomic E-state index is 0.0954. The normalized spacial score (nSPS) is 18.2. The molecule has 2 aromatic carbocycles. The topological polar surface area (TPSA) is 37.3 Å². The van der Waals surface area contributed by atoms with Gasteiger partial charge in [0, 0.05) is 11.1 Å². The van der Waals surface area contributed by atoms with Crippen LogP contribution in [-0.2, 0) is 10.8 Å². The summed E-state index contributed by atoms with van der Waals surface area (Å²) in [4.78, 5) is 11.1. The van der Waals surface area contributed by atoms with Crippen molar-refractivity contribution >= 4 is 6.29 Å². The number of carbonyl (C=O) groups excluding carboxylic acids is 1. The molecule has 3 rings (SSSR count). The summed E-state index contributed by atoms with van der Waals surface area (Å²) >= 11 is 0. The second-order valence-electron chi connectivity index (χ2n) is 8.45. The summed E-state index contributed by atoms with van der Waals surface area (Å²) in [5.74, 6) is 5.84. The smallest absolute Gasteiger partial charge is 0.151 e. The molecule has 0 spiro atoms. The Balaban J connectivity index is 1.96. The standard InChI is InChI=1S/C24H26O2/c1-23(2)13-14-24(3,4)21-15-18(9-11-20(21)23)22(26)12-10-17-7-5-6-8-19(17)16-25/h5-9,11,15-16,22,26H,13-14H2,1-4H3. The van der Waals surface area contributed by atoms with Crippen molar-refractivity contribution in [2.75, 3.05) is 0 Å². The van der Waals surface area contributed by atoms with E-state index in [2.05, 4.69) is 51.7 Å². The molecule has 26 heavy (non-hydrogen) atoms. The van der Waals surface area contributed by atoms with Crippen molar-refractivity contribution in [2.45, 2.75) is 57.5 Å². The van der Waals surface area contributed by atoms with E-state index < -0.39 is 6.10 Å². The van der Waals surface area contributed by atoms with Crippen LogP contribution < -0.4 is 0 Å². The van der Waals surface area contributed by atoms with Crippen LogP contribution >= 0.6 is 0 Å². The molecule has 2 nitrogen and oxygen atoms in total. The molecule has 0 heterocycles. The van der Waals surface area contributed by atoms with Gasteiger partial charge in [-0.25, -0.2) is 0 Å². The number of benzene rings is 2. The molecule has 1 unspecified atom stereocenters. The summed E-state index contributed by atoms with van der Waals surface area (Å²) in [6, 6.07) is 13.4. The number of aliphatic hydroxyl groups excluding tert-OH is 1. The number of rotatable bonds is 2. The van der Waals surface area contributed by atoms with Crippen molar-refractivity contribution in [3.63, 3.8) is 0 Å². The molecule has 0 radical (unpaired) electrons. The van der Waals surface area contributed by atoms with Crippen LogP contribution in [0, 0.1) is 11.8 Å². The van der Waals surface area contributed by atoms with Crippen LogP contribution in [0.4, 0.5) is 0 Å². The van der Waals surface area contributed by atoms with E-state index in [1.807, 2.05) is 12.1 Å². The highest BCUT2D eigenvalue weighted by Crippen LogP contribution is 2.46. The Hall–Kier alpha value is -2.37. The zero-order valence-electron chi connectivity index (χ0n) is 16.0. The first-order chi connectivity index (χ1) is 12.2. The molecular formula is C24H26O2. The molecule has 0 bridgehead atoms. The zero-order valence-corrected chi connectivity index (χ0v) is 16.0. The Bertz CT molecular complexity index is 894. The molecule has 0 fully saturated rings. The molecule has 2 aromatic rings. The van der Waals surface area contributed by atoms with Gasteiger partial charge >= 0.3 is 0 Å². The number of hydrogen-bond acceptors (Lipinski definition) is 2. The first kappa shape index (κ1) is 18.4. The van der Waals surface area contributed by atoms with Gasteiger partial charge in [-0.05, 0) is 46.4 Å². The summed E-state index contributed by atoms with van der Waals surface area (Å²) in [6.45, 7) is 9.10. The molecule has 1 N–H and O–H groups in total. The third-order valence-electron chi connectivity index (χ3n) is 5.62. The van der Waals surface area contributed by atoms with Crippen molar-refractivity contribution in [3.05, 3.63) is 70.3 Å². The SMILES string of the molecule is CC1(C)CCC(C)(C)c2cc(C(O)C#Cc3ccccc3C=O)ccc21. The van der Waals surface area contributed by atoms with E-state index in [0.29, 0.717) is 11.1 Å². The Morgan fingerprint density at radius 2 is 1.65 bits per heavy atom. The second-order valence-corrected chi connectivity index (χ2v) is 8.45. The van der Waals surface area contributed by atoms with Crippen molar-refractivity contribution in [2.24, 2.45) is 0 Å². The molecule has 1 atom stereocenters. The average molecular weight is 346 g/mol. The highest BCUT2D eigenvalue weighted by molar-refractivity contribution is 5.79. The van der Waals surface area contributed by atoms with Crippen LogP contribution in [0.15, 0.2) is 42.5 Å². The molecule has 0 amide bonds. The predicted molar refractivity (Wildman–Crippen MR) is 105 cm³/mol. The van der Waals surface area contributed by atoms with E-state index in [4.69, 9.17) is 0 Å². The first-order valence-electron chi connectivity index (χ1n) is 9.13. The molecule has 1 aliphatic carbocycles. The van der Waals surface area contributed by atoms with Gasteiger partial charge in [0.05, 0.1) is 0 Å². The lowest BCUT2D eigenvalue weighted by atomic mass is 9.63. The molecule has 0 aliphatic heterocycles. The Labute approximate surface area is 156 Å². The van der Waals surface area contributed by atoms with Crippen LogP contribution in [0.25, 0.3) is 0 Å². The molecule has 1 aliphatic rings. The Kier molecular flexibility index (Phi) is 4.78. The van der Waals surface area contributed by atoms with Gasteiger partial charge in [0.15, 0.2) is 6.29 Å². The minimum Gasteiger partial charge on any atom is -0.376 e. The van der Waals surface area contributed by atoms with Gasteiger partial charge in [-0.2, -0.15) is 0 Å². The Morgan fingerprint density at radius 3 is 2.35 bits per heavy atom. The van der Waals surface area contributed by atoms with Gasteiger partial charge in [-0.1, -0.05) is 75.9 Å². The maximum absolute atomic E-state index is 11.1. The number of aldehydes is 1. The maximum Gasteiger partial charge on any atom is 0.151 e. The fourth-order valence-corrected chi connectivity index (χ4v) is 3.72. The largest absolute Gasteiger partial charge is 0.376 e. The lowest BCUT2D eigenvalue weighted by Gasteiger charge is -2.42. The van der Waals surface area contributed by atoms with Crippen molar-refractivity contribution in [3.8, 4) is 11.8 Å². The van der Waals surface area contributed by atoms with Gasteiger partial charge in [0.2, 0.25) is 0 Å². The van der Waals surface area contributed by atoms with Gasteiger partial charge in [-0.3, -0.25) is 4.79 Å². The van der Waals surface area contributed by atoms with E-state index in [1.165, 1.54) is 11.1 Å². The van der Waals surface area contributed by atoms with E-state index in [-0.39, 0.29) is 10.8 Å². The van der Waals surface area contributed by atoms with Crippen molar-refractivity contribution in [1.29, 1.82) is 0 Å². The number of hydrogen-bond donors (Lipinski definition) is 1.